The molecular formula is C8H17ClN2O2S. The van der Waals surface area contributed by atoms with Crippen LogP contribution < -0.4 is 0 Å². The number of hydrogen-bond acceptors (Lipinski definition) is 2. The minimum Gasteiger partial charge on any atom is -0.195 e. The van der Waals surface area contributed by atoms with Gasteiger partial charge in [-0.1, -0.05) is 6.92 Å². The number of halogens is 1. The third-order valence-electron chi connectivity index (χ3n) is 2.55. The predicted octanol–water partition coefficient (Wildman–Crippen LogP) is 0.742. The van der Waals surface area contributed by atoms with E-state index in [2.05, 4.69) is 0 Å². The second-order valence-corrected chi connectivity index (χ2v) is 6.63. The van der Waals surface area contributed by atoms with Gasteiger partial charge < -0.3 is 0 Å². The predicted molar refractivity (Wildman–Crippen MR) is 57.6 cm³/mol. The molecule has 2 atom stereocenters. The Morgan fingerprint density at radius 2 is 2.00 bits per heavy atom. The average molecular weight is 241 g/mol. The van der Waals surface area contributed by atoms with Gasteiger partial charge in [-0.2, -0.15) is 17.0 Å². The van der Waals surface area contributed by atoms with Crippen LogP contribution in [0.4, 0.5) is 0 Å². The molecule has 84 valence electrons. The van der Waals surface area contributed by atoms with Crippen LogP contribution in [0.25, 0.3) is 0 Å². The summed E-state index contributed by atoms with van der Waals surface area (Å²) in [7, 11) is -0.151. The third-order valence-corrected chi connectivity index (χ3v) is 5.11. The highest BCUT2D eigenvalue weighted by Crippen LogP contribution is 2.24. The van der Waals surface area contributed by atoms with E-state index < -0.39 is 10.2 Å². The quantitative estimate of drug-likeness (QED) is 0.669. The standard InChI is InChI=1S/C8H17ClN2O2S/c1-7-6-11(5-4-8(7)9)14(12,13)10(2)3/h7-8H,4-6H2,1-3H3. The largest absolute Gasteiger partial charge is 0.281 e. The van der Waals surface area contributed by atoms with Gasteiger partial charge in [0.2, 0.25) is 0 Å². The zero-order valence-electron chi connectivity index (χ0n) is 8.77. The molecule has 0 N–H and O–H groups in total. The Kier molecular flexibility index (Phi) is 3.80. The Bertz CT molecular complexity index is 292. The first-order valence-corrected chi connectivity index (χ1v) is 6.50. The molecule has 0 bridgehead atoms. The van der Waals surface area contributed by atoms with Crippen LogP contribution in [0.3, 0.4) is 0 Å². The van der Waals surface area contributed by atoms with Crippen molar-refractivity contribution in [2.45, 2.75) is 18.7 Å². The smallest absolute Gasteiger partial charge is 0.195 e. The summed E-state index contributed by atoms with van der Waals surface area (Å²) < 4.78 is 26.2. The van der Waals surface area contributed by atoms with Gasteiger partial charge in [-0.15, -0.1) is 11.6 Å². The molecule has 0 saturated carbocycles. The maximum atomic E-state index is 11.7. The summed E-state index contributed by atoms with van der Waals surface area (Å²) in [4.78, 5) is 0. The normalized spacial score (nSPS) is 30.9. The molecule has 0 aromatic heterocycles. The molecule has 4 nitrogen and oxygen atoms in total. The van der Waals surface area contributed by atoms with E-state index in [4.69, 9.17) is 11.6 Å². The van der Waals surface area contributed by atoms with Crippen molar-refractivity contribution < 1.29 is 8.42 Å². The van der Waals surface area contributed by atoms with Crippen LogP contribution >= 0.6 is 11.6 Å². The first kappa shape index (κ1) is 12.2. The number of rotatable bonds is 2. The molecule has 1 saturated heterocycles. The zero-order chi connectivity index (χ0) is 10.9. The summed E-state index contributed by atoms with van der Waals surface area (Å²) in [6, 6.07) is 0. The maximum absolute atomic E-state index is 11.7. The first-order chi connectivity index (χ1) is 6.35. The zero-order valence-corrected chi connectivity index (χ0v) is 10.3. The maximum Gasteiger partial charge on any atom is 0.281 e. The van der Waals surface area contributed by atoms with Crippen LogP contribution in [0.5, 0.6) is 0 Å². The van der Waals surface area contributed by atoms with E-state index in [0.29, 0.717) is 13.1 Å². The highest BCUT2D eigenvalue weighted by molar-refractivity contribution is 7.86. The lowest BCUT2D eigenvalue weighted by Crippen LogP contribution is -2.47. The highest BCUT2D eigenvalue weighted by Gasteiger charge is 2.32. The van der Waals surface area contributed by atoms with Crippen LogP contribution in [0.1, 0.15) is 13.3 Å². The summed E-state index contributed by atoms with van der Waals surface area (Å²) in [5.41, 5.74) is 0. The van der Waals surface area contributed by atoms with E-state index in [-0.39, 0.29) is 11.3 Å². The Balaban J connectivity index is 2.73. The lowest BCUT2D eigenvalue weighted by Gasteiger charge is -2.34. The molecule has 1 aliphatic rings. The van der Waals surface area contributed by atoms with E-state index in [9.17, 15) is 8.42 Å². The van der Waals surface area contributed by atoms with Crippen molar-refractivity contribution in [3.05, 3.63) is 0 Å². The minimum atomic E-state index is -3.25. The Hall–Kier alpha value is 0.160. The fourth-order valence-electron chi connectivity index (χ4n) is 1.52. The molecule has 0 radical (unpaired) electrons. The summed E-state index contributed by atoms with van der Waals surface area (Å²) in [6.45, 7) is 3.03. The Morgan fingerprint density at radius 1 is 1.43 bits per heavy atom. The second-order valence-electron chi connectivity index (χ2n) is 3.93. The molecule has 1 rings (SSSR count). The molecule has 0 spiro atoms. The van der Waals surface area contributed by atoms with Crippen molar-refractivity contribution >= 4 is 21.8 Å². The highest BCUT2D eigenvalue weighted by atomic mass is 35.5. The van der Waals surface area contributed by atoms with E-state index in [1.807, 2.05) is 6.92 Å². The molecule has 0 amide bonds. The van der Waals surface area contributed by atoms with Gasteiger partial charge in [0.05, 0.1) is 0 Å². The van der Waals surface area contributed by atoms with Gasteiger partial charge in [0.25, 0.3) is 10.2 Å². The fraction of sp³-hybridized carbons (Fsp3) is 1.00. The van der Waals surface area contributed by atoms with Crippen LogP contribution in [0, 0.1) is 5.92 Å². The molecule has 2 unspecified atom stereocenters. The van der Waals surface area contributed by atoms with Crippen molar-refractivity contribution in [3.63, 3.8) is 0 Å². The first-order valence-electron chi connectivity index (χ1n) is 4.67. The van der Waals surface area contributed by atoms with Crippen molar-refractivity contribution in [1.29, 1.82) is 0 Å². The van der Waals surface area contributed by atoms with Crippen molar-refractivity contribution in [2.24, 2.45) is 5.92 Å². The van der Waals surface area contributed by atoms with Gasteiger partial charge in [-0.05, 0) is 12.3 Å². The van der Waals surface area contributed by atoms with Crippen LogP contribution in [0.15, 0.2) is 0 Å². The molecule has 1 fully saturated rings. The Labute approximate surface area is 91.0 Å². The molecular weight excluding hydrogens is 224 g/mol. The van der Waals surface area contributed by atoms with Gasteiger partial charge in [0.1, 0.15) is 0 Å². The van der Waals surface area contributed by atoms with Crippen molar-refractivity contribution in [1.82, 2.24) is 8.61 Å². The monoisotopic (exact) mass is 240 g/mol. The number of hydrogen-bond donors (Lipinski definition) is 0. The van der Waals surface area contributed by atoms with Gasteiger partial charge >= 0.3 is 0 Å². The molecule has 0 aromatic rings. The van der Waals surface area contributed by atoms with Crippen LogP contribution in [-0.2, 0) is 10.2 Å². The fourth-order valence-corrected chi connectivity index (χ4v) is 2.92. The van der Waals surface area contributed by atoms with Crippen molar-refractivity contribution in [3.8, 4) is 0 Å². The van der Waals surface area contributed by atoms with Gasteiger partial charge in [0.15, 0.2) is 0 Å². The van der Waals surface area contributed by atoms with Crippen LogP contribution in [0.2, 0.25) is 0 Å². The number of nitrogens with zero attached hydrogens (tertiary/aromatic N) is 2. The third kappa shape index (κ3) is 2.39. The molecule has 1 heterocycles. The molecule has 0 aliphatic carbocycles. The van der Waals surface area contributed by atoms with E-state index in [1.165, 1.54) is 8.61 Å². The molecule has 6 heteroatoms. The van der Waals surface area contributed by atoms with Crippen LogP contribution in [-0.4, -0.2) is 49.6 Å². The summed E-state index contributed by atoms with van der Waals surface area (Å²) in [6.07, 6.45) is 0.732. The summed E-state index contributed by atoms with van der Waals surface area (Å²) in [5, 5.41) is 0.101. The molecule has 0 aromatic carbocycles. The lowest BCUT2D eigenvalue weighted by atomic mass is 10.0. The average Bonchev–Trinajstić information content (AvgIpc) is 2.09. The molecule has 1 aliphatic heterocycles. The topological polar surface area (TPSA) is 40.6 Å². The van der Waals surface area contributed by atoms with E-state index >= 15 is 0 Å². The SMILES string of the molecule is CC1CN(S(=O)(=O)N(C)C)CCC1Cl. The second kappa shape index (κ2) is 4.35. The summed E-state index contributed by atoms with van der Waals surface area (Å²) >= 11 is 6.03. The summed E-state index contributed by atoms with van der Waals surface area (Å²) in [5.74, 6) is 0.222. The van der Waals surface area contributed by atoms with E-state index in [0.717, 1.165) is 6.42 Å². The molecule has 14 heavy (non-hydrogen) atoms. The lowest BCUT2D eigenvalue weighted by molar-refractivity contribution is 0.272. The number of piperidine rings is 1. The van der Waals surface area contributed by atoms with Gasteiger partial charge in [0, 0.05) is 32.6 Å². The van der Waals surface area contributed by atoms with Crippen molar-refractivity contribution in [2.75, 3.05) is 27.2 Å². The Morgan fingerprint density at radius 3 is 2.43 bits per heavy atom. The number of alkyl halides is 1. The minimum absolute atomic E-state index is 0.101. The van der Waals surface area contributed by atoms with Gasteiger partial charge in [-0.25, -0.2) is 0 Å². The van der Waals surface area contributed by atoms with Gasteiger partial charge in [-0.3, -0.25) is 0 Å². The van der Waals surface area contributed by atoms with E-state index in [1.54, 1.807) is 14.1 Å².